The van der Waals surface area contributed by atoms with Crippen molar-refractivity contribution in [3.63, 3.8) is 0 Å². The van der Waals surface area contributed by atoms with Gasteiger partial charge in [0.1, 0.15) is 0 Å². The predicted molar refractivity (Wildman–Crippen MR) is 107 cm³/mol. The Labute approximate surface area is 164 Å². The highest BCUT2D eigenvalue weighted by molar-refractivity contribution is 7.14. The fourth-order valence-corrected chi connectivity index (χ4v) is 4.00. The maximum atomic E-state index is 12.5. The van der Waals surface area contributed by atoms with E-state index in [1.54, 1.807) is 0 Å². The Morgan fingerprint density at radius 1 is 1.11 bits per heavy atom. The average Bonchev–Trinajstić information content (AvgIpc) is 3.13. The number of rotatable bonds is 8. The molecule has 1 unspecified atom stereocenters. The first kappa shape index (κ1) is 19.7. The smallest absolute Gasteiger partial charge is 0.220 e. The summed E-state index contributed by atoms with van der Waals surface area (Å²) in [6.07, 6.45) is 0.451. The maximum Gasteiger partial charge on any atom is 0.220 e. The Morgan fingerprint density at radius 3 is 2.52 bits per heavy atom. The van der Waals surface area contributed by atoms with E-state index >= 15 is 0 Å². The molecule has 0 aliphatic carbocycles. The molecule has 0 bridgehead atoms. The summed E-state index contributed by atoms with van der Waals surface area (Å²) in [6.45, 7) is 5.92. The van der Waals surface area contributed by atoms with Crippen LogP contribution in [-0.4, -0.2) is 49.4 Å². The first-order chi connectivity index (χ1) is 13.1. The zero-order chi connectivity index (χ0) is 19.1. The lowest BCUT2D eigenvalue weighted by molar-refractivity contribution is -0.122. The van der Waals surface area contributed by atoms with Gasteiger partial charge >= 0.3 is 0 Å². The van der Waals surface area contributed by atoms with Gasteiger partial charge in [0, 0.05) is 37.4 Å². The summed E-state index contributed by atoms with van der Waals surface area (Å²) >= 11 is 1.48. The molecule has 1 fully saturated rings. The van der Waals surface area contributed by atoms with E-state index in [9.17, 15) is 9.59 Å². The van der Waals surface area contributed by atoms with E-state index in [-0.39, 0.29) is 30.6 Å². The minimum atomic E-state index is -0.0871. The van der Waals surface area contributed by atoms with Gasteiger partial charge in [0.25, 0.3) is 0 Å². The number of Topliss-reactive ketones (excluding diaryl/α,β-unsaturated/α-hetero) is 1. The quantitative estimate of drug-likeness (QED) is 0.708. The van der Waals surface area contributed by atoms with Crippen LogP contribution in [0.1, 0.15) is 39.0 Å². The molecule has 27 heavy (non-hydrogen) atoms. The van der Waals surface area contributed by atoms with Crippen LogP contribution >= 0.6 is 11.3 Å². The molecule has 1 aromatic heterocycles. The van der Waals surface area contributed by atoms with Gasteiger partial charge in [0.2, 0.25) is 5.91 Å². The summed E-state index contributed by atoms with van der Waals surface area (Å²) in [4.78, 5) is 28.9. The van der Waals surface area contributed by atoms with Crippen molar-refractivity contribution < 1.29 is 14.3 Å². The van der Waals surface area contributed by atoms with Gasteiger partial charge in [0.15, 0.2) is 5.78 Å². The minimum Gasteiger partial charge on any atom is -0.379 e. The van der Waals surface area contributed by atoms with Crippen LogP contribution < -0.4 is 5.32 Å². The SMILES string of the molecule is Cc1ccc(C(=O)CCC(=O)NC(CN2CCOCC2)c2ccccc2)s1. The number of morpholine rings is 1. The fourth-order valence-electron chi connectivity index (χ4n) is 3.16. The Balaban J connectivity index is 1.57. The van der Waals surface area contributed by atoms with Gasteiger partial charge in [-0.05, 0) is 24.6 Å². The number of nitrogens with zero attached hydrogens (tertiary/aromatic N) is 1. The summed E-state index contributed by atoms with van der Waals surface area (Å²) in [7, 11) is 0. The van der Waals surface area contributed by atoms with Crippen LogP contribution in [-0.2, 0) is 9.53 Å². The van der Waals surface area contributed by atoms with Crippen molar-refractivity contribution in [2.24, 2.45) is 0 Å². The molecular weight excluding hydrogens is 360 g/mol. The monoisotopic (exact) mass is 386 g/mol. The van der Waals surface area contributed by atoms with Crippen molar-refractivity contribution in [1.82, 2.24) is 10.2 Å². The third-order valence-electron chi connectivity index (χ3n) is 4.68. The largest absolute Gasteiger partial charge is 0.379 e. The lowest BCUT2D eigenvalue weighted by atomic mass is 10.1. The van der Waals surface area contributed by atoms with Crippen molar-refractivity contribution in [2.45, 2.75) is 25.8 Å². The van der Waals surface area contributed by atoms with E-state index in [2.05, 4.69) is 10.2 Å². The van der Waals surface area contributed by atoms with E-state index < -0.39 is 0 Å². The second-order valence-corrected chi connectivity index (χ2v) is 8.07. The zero-order valence-corrected chi connectivity index (χ0v) is 16.5. The molecule has 1 N–H and O–H groups in total. The molecule has 1 aliphatic heterocycles. The maximum absolute atomic E-state index is 12.5. The van der Waals surface area contributed by atoms with Crippen molar-refractivity contribution in [2.75, 3.05) is 32.8 Å². The van der Waals surface area contributed by atoms with Gasteiger partial charge < -0.3 is 10.1 Å². The molecule has 2 heterocycles. The summed E-state index contributed by atoms with van der Waals surface area (Å²) in [5, 5.41) is 3.12. The highest BCUT2D eigenvalue weighted by Crippen LogP contribution is 2.19. The summed E-state index contributed by atoms with van der Waals surface area (Å²) in [5.74, 6) is -0.0496. The second-order valence-electron chi connectivity index (χ2n) is 6.78. The van der Waals surface area contributed by atoms with Crippen LogP contribution in [0.3, 0.4) is 0 Å². The van der Waals surface area contributed by atoms with Crippen molar-refractivity contribution in [3.05, 3.63) is 57.8 Å². The van der Waals surface area contributed by atoms with Gasteiger partial charge in [-0.15, -0.1) is 11.3 Å². The number of carbonyl (C=O) groups is 2. The molecule has 1 atom stereocenters. The van der Waals surface area contributed by atoms with Crippen molar-refractivity contribution in [3.8, 4) is 0 Å². The van der Waals surface area contributed by atoms with E-state index in [0.717, 1.165) is 48.2 Å². The van der Waals surface area contributed by atoms with Crippen LogP contribution in [0.4, 0.5) is 0 Å². The van der Waals surface area contributed by atoms with Gasteiger partial charge in [-0.1, -0.05) is 30.3 Å². The number of nitrogens with one attached hydrogen (secondary N) is 1. The molecule has 144 valence electrons. The van der Waals surface area contributed by atoms with Gasteiger partial charge in [-0.25, -0.2) is 0 Å². The zero-order valence-electron chi connectivity index (χ0n) is 15.6. The van der Waals surface area contributed by atoms with Gasteiger partial charge in [-0.3, -0.25) is 14.5 Å². The standard InChI is InChI=1S/C21H26N2O3S/c1-16-7-9-20(27-16)19(24)8-10-21(25)22-18(17-5-3-2-4-6-17)15-23-11-13-26-14-12-23/h2-7,9,18H,8,10-15H2,1H3,(H,22,25). The number of ketones is 1. The lowest BCUT2D eigenvalue weighted by Crippen LogP contribution is -2.43. The number of amides is 1. The highest BCUT2D eigenvalue weighted by atomic mass is 32.1. The van der Waals surface area contributed by atoms with E-state index in [1.165, 1.54) is 11.3 Å². The Morgan fingerprint density at radius 2 is 1.85 bits per heavy atom. The molecule has 0 spiro atoms. The van der Waals surface area contributed by atoms with E-state index in [1.807, 2.05) is 49.4 Å². The molecule has 0 saturated carbocycles. The van der Waals surface area contributed by atoms with Crippen LogP contribution in [0.2, 0.25) is 0 Å². The number of thiophene rings is 1. The number of ether oxygens (including phenoxy) is 1. The minimum absolute atomic E-state index is 0.0349. The van der Waals surface area contributed by atoms with Gasteiger partial charge in [-0.2, -0.15) is 0 Å². The Hall–Kier alpha value is -2.02. The van der Waals surface area contributed by atoms with Gasteiger partial charge in [0.05, 0.1) is 24.1 Å². The molecule has 1 aliphatic rings. The average molecular weight is 387 g/mol. The molecular formula is C21H26N2O3S. The summed E-state index contributed by atoms with van der Waals surface area (Å²) in [5.41, 5.74) is 1.08. The molecule has 1 aromatic carbocycles. The number of hydrogen-bond donors (Lipinski definition) is 1. The summed E-state index contributed by atoms with van der Waals surface area (Å²) < 4.78 is 5.41. The molecule has 2 aromatic rings. The van der Waals surface area contributed by atoms with Crippen molar-refractivity contribution in [1.29, 1.82) is 0 Å². The molecule has 5 nitrogen and oxygen atoms in total. The van der Waals surface area contributed by atoms with Crippen LogP contribution in [0.5, 0.6) is 0 Å². The second kappa shape index (κ2) is 9.78. The summed E-state index contributed by atoms with van der Waals surface area (Å²) in [6, 6.07) is 13.7. The molecule has 1 amide bonds. The Kier molecular flexibility index (Phi) is 7.15. The third-order valence-corrected chi connectivity index (χ3v) is 5.72. The molecule has 3 rings (SSSR count). The molecule has 1 saturated heterocycles. The highest BCUT2D eigenvalue weighted by Gasteiger charge is 2.20. The number of hydrogen-bond acceptors (Lipinski definition) is 5. The number of aryl methyl sites for hydroxylation is 1. The van der Waals surface area contributed by atoms with Crippen LogP contribution in [0.15, 0.2) is 42.5 Å². The first-order valence-corrected chi connectivity index (χ1v) is 10.2. The number of carbonyl (C=O) groups excluding carboxylic acids is 2. The van der Waals surface area contributed by atoms with E-state index in [4.69, 9.17) is 4.74 Å². The normalized spacial score (nSPS) is 16.0. The Bertz CT molecular complexity index is 754. The fraction of sp³-hybridized carbons (Fsp3) is 0.429. The topological polar surface area (TPSA) is 58.6 Å². The van der Waals surface area contributed by atoms with Crippen molar-refractivity contribution >= 4 is 23.0 Å². The van der Waals surface area contributed by atoms with Crippen LogP contribution in [0, 0.1) is 6.92 Å². The lowest BCUT2D eigenvalue weighted by Gasteiger charge is -2.31. The van der Waals surface area contributed by atoms with Crippen LogP contribution in [0.25, 0.3) is 0 Å². The third kappa shape index (κ3) is 5.99. The predicted octanol–water partition coefficient (Wildman–Crippen LogP) is 3.21. The number of benzene rings is 1. The first-order valence-electron chi connectivity index (χ1n) is 9.36. The molecule has 6 heteroatoms. The van der Waals surface area contributed by atoms with E-state index in [0.29, 0.717) is 0 Å². The molecule has 0 radical (unpaired) electrons.